The third kappa shape index (κ3) is 2.97. The Morgan fingerprint density at radius 2 is 2.12 bits per heavy atom. The molecule has 1 heterocycles. The molecule has 0 amide bonds. The number of nitrogens with two attached hydrogens (primary N) is 1. The third-order valence-corrected chi connectivity index (χ3v) is 3.34. The molecule has 5 heteroatoms. The first kappa shape index (κ1) is 14.0. The van der Waals surface area contributed by atoms with Crippen molar-refractivity contribution < 1.29 is 9.13 Å². The zero-order chi connectivity index (χ0) is 11.5. The van der Waals surface area contributed by atoms with Gasteiger partial charge in [0.25, 0.3) is 0 Å². The minimum absolute atomic E-state index is 0. The standard InChI is InChI=1S/C12H12FNOS.ClH/c1-15-10-7-8(4-5-9(10)13)12(14)11-3-2-6-16-11;/h2-7,12H,14H2,1H3;1H/t12-;/m1./s1. The van der Waals surface area contributed by atoms with Crippen molar-refractivity contribution in [2.75, 3.05) is 7.11 Å². The van der Waals surface area contributed by atoms with Crippen LogP contribution in [0, 0.1) is 5.82 Å². The summed E-state index contributed by atoms with van der Waals surface area (Å²) >= 11 is 1.58. The molecule has 0 radical (unpaired) electrons. The van der Waals surface area contributed by atoms with E-state index in [1.165, 1.54) is 13.2 Å². The van der Waals surface area contributed by atoms with Crippen LogP contribution in [0.1, 0.15) is 16.5 Å². The van der Waals surface area contributed by atoms with Gasteiger partial charge >= 0.3 is 0 Å². The zero-order valence-electron chi connectivity index (χ0n) is 9.22. The van der Waals surface area contributed by atoms with Gasteiger partial charge in [-0.15, -0.1) is 23.7 Å². The van der Waals surface area contributed by atoms with E-state index in [4.69, 9.17) is 10.5 Å². The molecule has 1 aromatic heterocycles. The molecule has 0 aliphatic rings. The van der Waals surface area contributed by atoms with Gasteiger partial charge in [-0.05, 0) is 29.1 Å². The first-order valence-corrected chi connectivity index (χ1v) is 5.72. The molecule has 0 aliphatic heterocycles. The number of hydrogen-bond donors (Lipinski definition) is 1. The first-order valence-electron chi connectivity index (χ1n) is 4.85. The maximum absolute atomic E-state index is 13.2. The fourth-order valence-corrected chi connectivity index (χ4v) is 2.26. The number of benzene rings is 1. The Hall–Kier alpha value is -1.10. The van der Waals surface area contributed by atoms with E-state index in [0.717, 1.165) is 10.4 Å². The first-order chi connectivity index (χ1) is 7.72. The molecule has 2 nitrogen and oxygen atoms in total. The van der Waals surface area contributed by atoms with E-state index in [2.05, 4.69) is 0 Å². The lowest BCUT2D eigenvalue weighted by molar-refractivity contribution is 0.385. The highest BCUT2D eigenvalue weighted by molar-refractivity contribution is 7.10. The molecule has 2 rings (SSSR count). The van der Waals surface area contributed by atoms with Crippen LogP contribution >= 0.6 is 23.7 Å². The summed E-state index contributed by atoms with van der Waals surface area (Å²) in [4.78, 5) is 1.05. The van der Waals surface area contributed by atoms with Crippen LogP contribution in [0.15, 0.2) is 35.7 Å². The summed E-state index contributed by atoms with van der Waals surface area (Å²) in [6.45, 7) is 0. The smallest absolute Gasteiger partial charge is 0.165 e. The van der Waals surface area contributed by atoms with Gasteiger partial charge in [-0.1, -0.05) is 12.1 Å². The van der Waals surface area contributed by atoms with Crippen molar-refractivity contribution in [1.29, 1.82) is 0 Å². The fraction of sp³-hybridized carbons (Fsp3) is 0.167. The van der Waals surface area contributed by atoms with Crippen LogP contribution in [0.25, 0.3) is 0 Å². The van der Waals surface area contributed by atoms with Gasteiger partial charge in [0.1, 0.15) is 0 Å². The summed E-state index contributed by atoms with van der Waals surface area (Å²) < 4.78 is 18.1. The Kier molecular flexibility index (Phi) is 4.93. The second kappa shape index (κ2) is 6.00. The highest BCUT2D eigenvalue weighted by atomic mass is 35.5. The van der Waals surface area contributed by atoms with Crippen LogP contribution in [0.5, 0.6) is 5.75 Å². The number of thiophene rings is 1. The Morgan fingerprint density at radius 3 is 2.71 bits per heavy atom. The second-order valence-corrected chi connectivity index (χ2v) is 4.37. The predicted octanol–water partition coefficient (Wildman–Crippen LogP) is 3.37. The predicted molar refractivity (Wildman–Crippen MR) is 70.5 cm³/mol. The van der Waals surface area contributed by atoms with Crippen molar-refractivity contribution in [3.8, 4) is 5.75 Å². The minimum atomic E-state index is -0.371. The topological polar surface area (TPSA) is 35.2 Å². The van der Waals surface area contributed by atoms with Gasteiger partial charge in [0.2, 0.25) is 0 Å². The van der Waals surface area contributed by atoms with Crippen molar-refractivity contribution in [2.24, 2.45) is 5.73 Å². The van der Waals surface area contributed by atoms with E-state index < -0.39 is 0 Å². The largest absolute Gasteiger partial charge is 0.494 e. The van der Waals surface area contributed by atoms with Gasteiger partial charge in [0.15, 0.2) is 11.6 Å². The highest BCUT2D eigenvalue weighted by Crippen LogP contribution is 2.27. The summed E-state index contributed by atoms with van der Waals surface area (Å²) in [5.74, 6) is -0.144. The van der Waals surface area contributed by atoms with Crippen molar-refractivity contribution >= 4 is 23.7 Å². The van der Waals surface area contributed by atoms with E-state index in [1.807, 2.05) is 17.5 Å². The van der Waals surface area contributed by atoms with Crippen LogP contribution in [-0.2, 0) is 0 Å². The molecule has 1 aromatic carbocycles. The molecular weight excluding hydrogens is 261 g/mol. The normalized spacial score (nSPS) is 11.7. The SMILES string of the molecule is COc1cc([C@@H](N)c2cccs2)ccc1F.Cl. The van der Waals surface area contributed by atoms with Crippen molar-refractivity contribution in [2.45, 2.75) is 6.04 Å². The summed E-state index contributed by atoms with van der Waals surface area (Å²) in [7, 11) is 1.44. The summed E-state index contributed by atoms with van der Waals surface area (Å²) in [6, 6.07) is 8.38. The van der Waals surface area contributed by atoms with Gasteiger partial charge in [-0.25, -0.2) is 4.39 Å². The van der Waals surface area contributed by atoms with Crippen LogP contribution in [-0.4, -0.2) is 7.11 Å². The Bertz CT molecular complexity index is 475. The molecule has 0 unspecified atom stereocenters. The maximum atomic E-state index is 13.2. The number of rotatable bonds is 3. The molecule has 2 N–H and O–H groups in total. The Balaban J connectivity index is 0.00000144. The lowest BCUT2D eigenvalue weighted by Gasteiger charge is -2.11. The molecule has 0 saturated heterocycles. The molecule has 17 heavy (non-hydrogen) atoms. The molecule has 0 aliphatic carbocycles. The quantitative estimate of drug-likeness (QED) is 0.931. The van der Waals surface area contributed by atoms with Gasteiger partial charge in [-0.3, -0.25) is 0 Å². The van der Waals surface area contributed by atoms with Crippen LogP contribution in [0.2, 0.25) is 0 Å². The average molecular weight is 274 g/mol. The maximum Gasteiger partial charge on any atom is 0.165 e. The number of hydrogen-bond acceptors (Lipinski definition) is 3. The van der Waals surface area contributed by atoms with Crippen LogP contribution in [0.4, 0.5) is 4.39 Å². The molecule has 0 saturated carbocycles. The molecule has 0 fully saturated rings. The molecule has 92 valence electrons. The van der Waals surface area contributed by atoms with Crippen molar-refractivity contribution in [1.82, 2.24) is 0 Å². The molecule has 0 spiro atoms. The average Bonchev–Trinajstić information content (AvgIpc) is 2.82. The molecule has 1 atom stereocenters. The van der Waals surface area contributed by atoms with Gasteiger partial charge in [-0.2, -0.15) is 0 Å². The zero-order valence-corrected chi connectivity index (χ0v) is 10.9. The van der Waals surface area contributed by atoms with Gasteiger partial charge in [0, 0.05) is 4.88 Å². The Labute approximate surface area is 110 Å². The number of halogens is 2. The van der Waals surface area contributed by atoms with Gasteiger partial charge < -0.3 is 10.5 Å². The van der Waals surface area contributed by atoms with Crippen molar-refractivity contribution in [3.63, 3.8) is 0 Å². The third-order valence-electron chi connectivity index (χ3n) is 2.38. The fourth-order valence-electron chi connectivity index (χ4n) is 1.50. The van der Waals surface area contributed by atoms with Crippen LogP contribution in [0.3, 0.4) is 0 Å². The summed E-state index contributed by atoms with van der Waals surface area (Å²) in [5, 5.41) is 1.97. The lowest BCUT2D eigenvalue weighted by atomic mass is 10.1. The van der Waals surface area contributed by atoms with E-state index in [1.54, 1.807) is 23.5 Å². The summed E-state index contributed by atoms with van der Waals surface area (Å²) in [6.07, 6.45) is 0. The van der Waals surface area contributed by atoms with E-state index in [0.29, 0.717) is 0 Å². The van der Waals surface area contributed by atoms with Crippen LogP contribution < -0.4 is 10.5 Å². The van der Waals surface area contributed by atoms with E-state index in [-0.39, 0.29) is 30.0 Å². The number of methoxy groups -OCH3 is 1. The van der Waals surface area contributed by atoms with Crippen molar-refractivity contribution in [3.05, 3.63) is 52.0 Å². The number of ether oxygens (including phenoxy) is 1. The highest BCUT2D eigenvalue weighted by Gasteiger charge is 2.12. The minimum Gasteiger partial charge on any atom is -0.494 e. The monoisotopic (exact) mass is 273 g/mol. The van der Waals surface area contributed by atoms with Gasteiger partial charge in [0.05, 0.1) is 13.2 Å². The Morgan fingerprint density at radius 1 is 1.35 bits per heavy atom. The molecule has 2 aromatic rings. The van der Waals surface area contributed by atoms with E-state index in [9.17, 15) is 4.39 Å². The molecular formula is C12H13ClFNOS. The summed E-state index contributed by atoms with van der Waals surface area (Å²) in [5.41, 5.74) is 6.91. The lowest BCUT2D eigenvalue weighted by Crippen LogP contribution is -2.10. The molecule has 0 bridgehead atoms. The second-order valence-electron chi connectivity index (χ2n) is 3.39. The van der Waals surface area contributed by atoms with E-state index >= 15 is 0 Å².